The first-order valence-electron chi connectivity index (χ1n) is 10.9. The van der Waals surface area contributed by atoms with Crippen LogP contribution in [0.3, 0.4) is 0 Å². The molecule has 0 spiro atoms. The largest absolute Gasteiger partial charge is 0.496 e. The highest BCUT2D eigenvalue weighted by Gasteiger charge is 2.37. The number of alkyl halides is 9. The van der Waals surface area contributed by atoms with Crippen LogP contribution in [0.1, 0.15) is 33.4 Å². The van der Waals surface area contributed by atoms with E-state index in [0.717, 1.165) is 12.1 Å². The van der Waals surface area contributed by atoms with Gasteiger partial charge in [-0.2, -0.15) is 39.5 Å². The number of rotatable bonds is 7. The van der Waals surface area contributed by atoms with Gasteiger partial charge in [0.25, 0.3) is 0 Å². The minimum atomic E-state index is -5.04. The van der Waals surface area contributed by atoms with E-state index in [0.29, 0.717) is 29.0 Å². The molecule has 0 aliphatic rings. The Bertz CT molecular complexity index is 1210. The van der Waals surface area contributed by atoms with Crippen LogP contribution in [0, 0.1) is 0 Å². The van der Waals surface area contributed by atoms with Crippen LogP contribution in [0.4, 0.5) is 39.5 Å². The topological polar surface area (TPSA) is 29.5 Å². The van der Waals surface area contributed by atoms with Crippen molar-refractivity contribution in [3.8, 4) is 16.9 Å². The maximum atomic E-state index is 13.4. The molecule has 0 bridgehead atoms. The third-order valence-electron chi connectivity index (χ3n) is 5.72. The van der Waals surface area contributed by atoms with Crippen molar-refractivity contribution < 1.29 is 49.4 Å². The van der Waals surface area contributed by atoms with Gasteiger partial charge < -0.3 is 9.84 Å². The Labute approximate surface area is 206 Å². The van der Waals surface area contributed by atoms with Crippen LogP contribution >= 0.6 is 0 Å². The van der Waals surface area contributed by atoms with Gasteiger partial charge in [-0.15, -0.1) is 0 Å². The molecule has 3 aromatic rings. The number of aliphatic hydroxyl groups is 1. The summed E-state index contributed by atoms with van der Waals surface area (Å²) in [6, 6.07) is 8.79. The Morgan fingerprint density at radius 2 is 1.19 bits per heavy atom. The summed E-state index contributed by atoms with van der Waals surface area (Å²) in [7, 11) is 1.34. The van der Waals surface area contributed by atoms with Gasteiger partial charge >= 0.3 is 18.5 Å². The lowest BCUT2D eigenvalue weighted by molar-refractivity contribution is -0.143. The first-order valence-corrected chi connectivity index (χ1v) is 10.9. The van der Waals surface area contributed by atoms with Crippen LogP contribution in [0.15, 0.2) is 54.6 Å². The zero-order valence-electron chi connectivity index (χ0n) is 19.3. The van der Waals surface area contributed by atoms with E-state index in [-0.39, 0.29) is 48.6 Å². The van der Waals surface area contributed by atoms with Gasteiger partial charge in [-0.1, -0.05) is 12.1 Å². The summed E-state index contributed by atoms with van der Waals surface area (Å²) in [5.41, 5.74) is -3.00. The Kier molecular flexibility index (Phi) is 8.16. The van der Waals surface area contributed by atoms with E-state index in [2.05, 4.69) is 0 Å². The van der Waals surface area contributed by atoms with Crippen LogP contribution in [0.25, 0.3) is 11.1 Å². The van der Waals surface area contributed by atoms with Gasteiger partial charge in [-0.05, 0) is 84.0 Å². The van der Waals surface area contributed by atoms with Crippen molar-refractivity contribution in [1.82, 2.24) is 0 Å². The molecule has 200 valence electrons. The zero-order chi connectivity index (χ0) is 27.6. The number of ether oxygens (including phenoxy) is 1. The maximum absolute atomic E-state index is 13.4. The first-order chi connectivity index (χ1) is 17.1. The number of benzene rings is 3. The van der Waals surface area contributed by atoms with Gasteiger partial charge in [-0.25, -0.2) is 0 Å². The zero-order valence-corrected chi connectivity index (χ0v) is 19.3. The molecular weight excluding hydrogens is 515 g/mol. The molecule has 0 fully saturated rings. The molecule has 2 nitrogen and oxygen atoms in total. The van der Waals surface area contributed by atoms with Gasteiger partial charge in [0, 0.05) is 12.2 Å². The number of methoxy groups -OCH3 is 1. The molecule has 0 saturated carbocycles. The molecule has 0 heterocycles. The number of halogens is 9. The molecule has 0 aromatic heterocycles. The second kappa shape index (κ2) is 10.6. The number of hydrogen-bond acceptors (Lipinski definition) is 2. The Morgan fingerprint density at radius 3 is 1.70 bits per heavy atom. The molecular formula is C26H21F9O2. The maximum Gasteiger partial charge on any atom is 0.416 e. The second-order valence-corrected chi connectivity index (χ2v) is 8.29. The highest BCUT2D eigenvalue weighted by molar-refractivity contribution is 5.74. The summed E-state index contributed by atoms with van der Waals surface area (Å²) in [4.78, 5) is 0. The molecule has 0 aliphatic carbocycles. The van der Waals surface area contributed by atoms with E-state index in [9.17, 15) is 44.6 Å². The van der Waals surface area contributed by atoms with E-state index in [4.69, 9.17) is 4.74 Å². The quantitative estimate of drug-likeness (QED) is 0.313. The van der Waals surface area contributed by atoms with Gasteiger partial charge in [0.2, 0.25) is 0 Å². The fourth-order valence-corrected chi connectivity index (χ4v) is 3.93. The number of hydrogen-bond donors (Lipinski definition) is 1. The average Bonchev–Trinajstić information content (AvgIpc) is 2.81. The van der Waals surface area contributed by atoms with Crippen LogP contribution < -0.4 is 4.74 Å². The lowest BCUT2D eigenvalue weighted by atomic mass is 9.91. The van der Waals surface area contributed by atoms with E-state index in [1.54, 1.807) is 18.2 Å². The molecule has 0 unspecified atom stereocenters. The first kappa shape index (κ1) is 28.4. The highest BCUT2D eigenvalue weighted by atomic mass is 19.4. The molecule has 0 atom stereocenters. The van der Waals surface area contributed by atoms with E-state index in [1.165, 1.54) is 13.2 Å². The van der Waals surface area contributed by atoms with Gasteiger partial charge in [-0.3, -0.25) is 0 Å². The fraction of sp³-hybridized carbons (Fsp3) is 0.308. The van der Waals surface area contributed by atoms with E-state index in [1.807, 2.05) is 0 Å². The molecule has 0 radical (unpaired) electrons. The lowest BCUT2D eigenvalue weighted by Gasteiger charge is -2.18. The predicted molar refractivity (Wildman–Crippen MR) is 118 cm³/mol. The smallest absolute Gasteiger partial charge is 0.416 e. The Hall–Kier alpha value is -3.21. The van der Waals surface area contributed by atoms with Crippen molar-refractivity contribution in [2.45, 2.75) is 37.8 Å². The van der Waals surface area contributed by atoms with Crippen molar-refractivity contribution in [3.63, 3.8) is 0 Å². The molecule has 37 heavy (non-hydrogen) atoms. The van der Waals surface area contributed by atoms with Crippen molar-refractivity contribution in [2.75, 3.05) is 13.7 Å². The van der Waals surface area contributed by atoms with Crippen molar-refractivity contribution in [2.24, 2.45) is 0 Å². The summed E-state index contributed by atoms with van der Waals surface area (Å²) in [5, 5.41) is 9.24. The molecule has 3 rings (SSSR count). The summed E-state index contributed by atoms with van der Waals surface area (Å²) in [5.74, 6) is 0.293. The average molecular weight is 536 g/mol. The van der Waals surface area contributed by atoms with Crippen LogP contribution in [-0.2, 0) is 37.8 Å². The van der Waals surface area contributed by atoms with E-state index >= 15 is 0 Å². The standard InChI is InChI=1S/C26H21F9O2/c1-37-23-7-3-15(8-9-36)12-22(23)21-6-5-18(24(27,28)29)13-17(21)4-2-16-10-19(25(30,31)32)14-20(11-16)26(33,34)35/h3,5-7,10-14,36H,2,4,8-9H2,1H3. The van der Waals surface area contributed by atoms with Gasteiger partial charge in [0.15, 0.2) is 0 Å². The predicted octanol–water partition coefficient (Wildman–Crippen LogP) is 7.74. The molecule has 0 amide bonds. The number of aryl methyl sites for hydroxylation is 2. The molecule has 3 aromatic carbocycles. The molecule has 0 aliphatic heterocycles. The van der Waals surface area contributed by atoms with Crippen molar-refractivity contribution in [3.05, 3.63) is 88.0 Å². The molecule has 0 saturated heterocycles. The van der Waals surface area contributed by atoms with E-state index < -0.39 is 35.2 Å². The Morgan fingerprint density at radius 1 is 0.595 bits per heavy atom. The Balaban J connectivity index is 2.11. The van der Waals surface area contributed by atoms with Crippen molar-refractivity contribution in [1.29, 1.82) is 0 Å². The van der Waals surface area contributed by atoms with Gasteiger partial charge in [0.1, 0.15) is 5.75 Å². The minimum Gasteiger partial charge on any atom is -0.496 e. The van der Waals surface area contributed by atoms with Crippen molar-refractivity contribution >= 4 is 0 Å². The highest BCUT2D eigenvalue weighted by Crippen LogP contribution is 2.39. The van der Waals surface area contributed by atoms with Gasteiger partial charge in [0.05, 0.1) is 23.8 Å². The fourth-order valence-electron chi connectivity index (χ4n) is 3.93. The normalized spacial score (nSPS) is 12.6. The monoisotopic (exact) mass is 536 g/mol. The third-order valence-corrected chi connectivity index (χ3v) is 5.72. The van der Waals surface area contributed by atoms with Crippen LogP contribution in [0.5, 0.6) is 5.75 Å². The summed E-state index contributed by atoms with van der Waals surface area (Å²) in [6.45, 7) is -0.192. The summed E-state index contributed by atoms with van der Waals surface area (Å²) in [6.07, 6.45) is -15.2. The van der Waals surface area contributed by atoms with Crippen LogP contribution in [-0.4, -0.2) is 18.8 Å². The lowest BCUT2D eigenvalue weighted by Crippen LogP contribution is -2.12. The van der Waals surface area contributed by atoms with Crippen LogP contribution in [0.2, 0.25) is 0 Å². The third kappa shape index (κ3) is 6.97. The summed E-state index contributed by atoms with van der Waals surface area (Å²) >= 11 is 0. The second-order valence-electron chi connectivity index (χ2n) is 8.29. The molecule has 1 N–H and O–H groups in total. The SMILES string of the molecule is COc1ccc(CCO)cc1-c1ccc(C(F)(F)F)cc1CCc1cc(C(F)(F)F)cc(C(F)(F)F)c1. The minimum absolute atomic E-state index is 0.00325. The number of aliphatic hydroxyl groups excluding tert-OH is 1. The molecule has 11 heteroatoms. The summed E-state index contributed by atoms with van der Waals surface area (Å²) < 4.78 is 125.